The Labute approximate surface area is 165 Å². The molecule has 0 saturated heterocycles. The highest BCUT2D eigenvalue weighted by Gasteiger charge is 2.20. The van der Waals surface area contributed by atoms with Gasteiger partial charge >= 0.3 is 0 Å². The van der Waals surface area contributed by atoms with Crippen molar-refractivity contribution in [2.45, 2.75) is 6.54 Å². The smallest absolute Gasteiger partial charge is 0.280 e. The predicted octanol–water partition coefficient (Wildman–Crippen LogP) is 3.05. The van der Waals surface area contributed by atoms with Gasteiger partial charge in [-0.05, 0) is 18.2 Å². The molecule has 1 heterocycles. The summed E-state index contributed by atoms with van der Waals surface area (Å²) in [4.78, 5) is 37.2. The Hall–Kier alpha value is -3.51. The number of nitro groups is 2. The van der Waals surface area contributed by atoms with Gasteiger partial charge in [0.15, 0.2) is 4.80 Å². The number of carbonyl (C=O) groups is 1. The molecule has 0 spiro atoms. The van der Waals surface area contributed by atoms with E-state index in [1.165, 1.54) is 19.2 Å². The SMILES string of the molecule is COCCn1c(=NC(=O)c2cc([N+](=O)[O-])cc([N+](=O)[O-])c2)sc2cc(F)ccc21. The van der Waals surface area contributed by atoms with E-state index in [4.69, 9.17) is 4.74 Å². The second-order valence-corrected chi connectivity index (χ2v) is 6.82. The molecule has 0 N–H and O–H groups in total. The third-order valence-corrected chi connectivity index (χ3v) is 4.97. The Morgan fingerprint density at radius 2 is 1.83 bits per heavy atom. The van der Waals surface area contributed by atoms with Crippen LogP contribution < -0.4 is 4.80 Å². The summed E-state index contributed by atoms with van der Waals surface area (Å²) in [5.41, 5.74) is -0.857. The van der Waals surface area contributed by atoms with Crippen LogP contribution in [0.2, 0.25) is 0 Å². The minimum absolute atomic E-state index is 0.210. The number of aromatic nitrogens is 1. The monoisotopic (exact) mass is 420 g/mol. The van der Waals surface area contributed by atoms with Gasteiger partial charge < -0.3 is 9.30 Å². The standard InChI is InChI=1S/C17H13FN4O6S/c1-28-5-4-20-14-3-2-11(18)8-15(14)29-17(20)19-16(23)10-6-12(21(24)25)9-13(7-10)22(26)27/h2-3,6-9H,4-5H2,1H3. The lowest BCUT2D eigenvalue weighted by atomic mass is 10.1. The van der Waals surface area contributed by atoms with Crippen LogP contribution in [0.15, 0.2) is 41.4 Å². The number of halogens is 1. The number of hydrogen-bond acceptors (Lipinski definition) is 7. The zero-order chi connectivity index (χ0) is 21.1. The van der Waals surface area contributed by atoms with Crippen molar-refractivity contribution in [3.05, 3.63) is 72.8 Å². The van der Waals surface area contributed by atoms with Crippen LogP contribution in [0, 0.1) is 26.0 Å². The molecule has 0 unspecified atom stereocenters. The first-order chi connectivity index (χ1) is 13.8. The number of hydrogen-bond donors (Lipinski definition) is 0. The second kappa shape index (κ2) is 8.24. The van der Waals surface area contributed by atoms with Gasteiger partial charge in [0, 0.05) is 25.8 Å². The topological polar surface area (TPSA) is 130 Å². The van der Waals surface area contributed by atoms with Gasteiger partial charge in [-0.2, -0.15) is 4.99 Å². The summed E-state index contributed by atoms with van der Waals surface area (Å²) in [5.74, 6) is -1.35. The van der Waals surface area contributed by atoms with Crippen LogP contribution in [-0.2, 0) is 11.3 Å². The molecule has 1 amide bonds. The normalized spacial score (nSPS) is 11.7. The van der Waals surface area contributed by atoms with Crippen LogP contribution in [0.3, 0.4) is 0 Å². The molecule has 1 aromatic heterocycles. The molecule has 12 heteroatoms. The Balaban J connectivity index is 2.14. The van der Waals surface area contributed by atoms with Crippen LogP contribution in [0.25, 0.3) is 10.2 Å². The van der Waals surface area contributed by atoms with Crippen molar-refractivity contribution in [2.24, 2.45) is 4.99 Å². The molecule has 10 nitrogen and oxygen atoms in total. The molecule has 29 heavy (non-hydrogen) atoms. The van der Waals surface area contributed by atoms with E-state index in [9.17, 15) is 29.4 Å². The summed E-state index contributed by atoms with van der Waals surface area (Å²) in [5, 5.41) is 22.0. The minimum Gasteiger partial charge on any atom is -0.383 e. The van der Waals surface area contributed by atoms with Gasteiger partial charge in [0.25, 0.3) is 17.3 Å². The molecule has 0 aliphatic carbocycles. The summed E-state index contributed by atoms with van der Waals surface area (Å²) < 4.78 is 20.8. The summed E-state index contributed by atoms with van der Waals surface area (Å²) in [6.45, 7) is 0.621. The first-order valence-electron chi connectivity index (χ1n) is 8.11. The summed E-state index contributed by atoms with van der Waals surface area (Å²) in [7, 11) is 1.50. The van der Waals surface area contributed by atoms with E-state index in [1.54, 1.807) is 10.6 Å². The van der Waals surface area contributed by atoms with Crippen LogP contribution in [0.1, 0.15) is 10.4 Å². The van der Waals surface area contributed by atoms with Gasteiger partial charge in [0.2, 0.25) is 0 Å². The quantitative estimate of drug-likeness (QED) is 0.445. The van der Waals surface area contributed by atoms with Crippen LogP contribution in [0.5, 0.6) is 0 Å². The van der Waals surface area contributed by atoms with E-state index in [-0.39, 0.29) is 10.4 Å². The number of amides is 1. The van der Waals surface area contributed by atoms with Gasteiger partial charge in [-0.15, -0.1) is 0 Å². The van der Waals surface area contributed by atoms with E-state index in [0.717, 1.165) is 29.5 Å². The maximum Gasteiger partial charge on any atom is 0.280 e. The van der Waals surface area contributed by atoms with E-state index >= 15 is 0 Å². The molecular weight excluding hydrogens is 407 g/mol. The molecule has 3 rings (SSSR count). The highest BCUT2D eigenvalue weighted by molar-refractivity contribution is 7.16. The molecule has 0 radical (unpaired) electrons. The molecule has 0 saturated carbocycles. The summed E-state index contributed by atoms with van der Waals surface area (Å²) in [6, 6.07) is 6.71. The Morgan fingerprint density at radius 3 is 2.41 bits per heavy atom. The molecule has 3 aromatic rings. The van der Waals surface area contributed by atoms with Gasteiger partial charge in [-0.25, -0.2) is 4.39 Å². The number of nitro benzene ring substituents is 2. The first kappa shape index (κ1) is 20.2. The average molecular weight is 420 g/mol. The second-order valence-electron chi connectivity index (χ2n) is 5.81. The van der Waals surface area contributed by atoms with Crippen LogP contribution in [-0.4, -0.2) is 34.0 Å². The number of carbonyl (C=O) groups excluding carboxylic acids is 1. The zero-order valence-corrected chi connectivity index (χ0v) is 15.7. The van der Waals surface area contributed by atoms with Crippen molar-refractivity contribution in [1.82, 2.24) is 4.57 Å². The Kier molecular flexibility index (Phi) is 5.75. The molecule has 0 aliphatic rings. The fraction of sp³-hybridized carbons (Fsp3) is 0.176. The zero-order valence-electron chi connectivity index (χ0n) is 14.9. The molecular formula is C17H13FN4O6S. The molecule has 0 bridgehead atoms. The maximum atomic E-state index is 13.5. The minimum atomic E-state index is -0.894. The lowest BCUT2D eigenvalue weighted by Gasteiger charge is -2.04. The number of methoxy groups -OCH3 is 1. The maximum absolute atomic E-state index is 13.5. The van der Waals surface area contributed by atoms with Crippen molar-refractivity contribution in [3.8, 4) is 0 Å². The van der Waals surface area contributed by atoms with Crippen molar-refractivity contribution in [3.63, 3.8) is 0 Å². The van der Waals surface area contributed by atoms with Gasteiger partial charge in [0.05, 0.1) is 38.3 Å². The molecule has 2 aromatic carbocycles. The first-order valence-corrected chi connectivity index (χ1v) is 8.92. The van der Waals surface area contributed by atoms with Crippen molar-refractivity contribution >= 4 is 38.8 Å². The highest BCUT2D eigenvalue weighted by Crippen LogP contribution is 2.23. The molecule has 150 valence electrons. The van der Waals surface area contributed by atoms with E-state index < -0.39 is 32.9 Å². The molecule has 0 aliphatic heterocycles. The number of thiazole rings is 1. The fourth-order valence-electron chi connectivity index (χ4n) is 2.61. The lowest BCUT2D eigenvalue weighted by Crippen LogP contribution is -2.19. The van der Waals surface area contributed by atoms with Gasteiger partial charge in [0.1, 0.15) is 5.82 Å². The van der Waals surface area contributed by atoms with Crippen LogP contribution in [0.4, 0.5) is 15.8 Å². The van der Waals surface area contributed by atoms with Crippen LogP contribution >= 0.6 is 11.3 Å². The number of non-ortho nitro benzene ring substituents is 2. The van der Waals surface area contributed by atoms with Gasteiger partial charge in [-0.1, -0.05) is 11.3 Å². The highest BCUT2D eigenvalue weighted by atomic mass is 32.1. The molecule has 0 atom stereocenters. The van der Waals surface area contributed by atoms with E-state index in [0.29, 0.717) is 23.4 Å². The number of rotatable bonds is 6. The lowest BCUT2D eigenvalue weighted by molar-refractivity contribution is -0.394. The number of ether oxygens (including phenoxy) is 1. The van der Waals surface area contributed by atoms with E-state index in [1.807, 2.05) is 0 Å². The fourth-order valence-corrected chi connectivity index (χ4v) is 3.69. The third kappa shape index (κ3) is 4.33. The number of benzene rings is 2. The van der Waals surface area contributed by atoms with Crippen molar-refractivity contribution in [1.29, 1.82) is 0 Å². The number of nitrogens with zero attached hydrogens (tertiary/aromatic N) is 4. The van der Waals surface area contributed by atoms with Gasteiger partial charge in [-0.3, -0.25) is 25.0 Å². The van der Waals surface area contributed by atoms with Crippen molar-refractivity contribution in [2.75, 3.05) is 13.7 Å². The Bertz CT molecular complexity index is 1170. The van der Waals surface area contributed by atoms with Crippen molar-refractivity contribution < 1.29 is 23.8 Å². The Morgan fingerprint density at radius 1 is 1.17 bits per heavy atom. The predicted molar refractivity (Wildman–Crippen MR) is 101 cm³/mol. The largest absolute Gasteiger partial charge is 0.383 e. The molecule has 0 fully saturated rings. The van der Waals surface area contributed by atoms with E-state index in [2.05, 4.69) is 4.99 Å². The third-order valence-electron chi connectivity index (χ3n) is 3.93. The summed E-state index contributed by atoms with van der Waals surface area (Å²) in [6.07, 6.45) is 0. The average Bonchev–Trinajstić information content (AvgIpc) is 3.01. The number of fused-ring (bicyclic) bond motifs is 1. The summed E-state index contributed by atoms with van der Waals surface area (Å²) >= 11 is 1.04.